The summed E-state index contributed by atoms with van der Waals surface area (Å²) in [6.07, 6.45) is 8.57. The van der Waals surface area contributed by atoms with E-state index in [-0.39, 0.29) is 5.82 Å². The van der Waals surface area contributed by atoms with Gasteiger partial charge in [0.2, 0.25) is 5.95 Å². The van der Waals surface area contributed by atoms with Crippen LogP contribution in [-0.2, 0) is 12.1 Å². The van der Waals surface area contributed by atoms with E-state index in [2.05, 4.69) is 41.7 Å². The standard InChI is InChI=1S/C29H35FN10O/c1-20(41)17-39-18-22(14-36-39)21-13-26(40(19-21)33-4)27(32-3)37-9-11-38(12-10-37)28-34-15-24(16-35-28)29(2,31)23-5-7-25(30)8-6-23/h5-8,13-16,18-20,41H,4,9-12,17,31H2,1-3H3/b32-27+/t20-,29?/m0/s1. The van der Waals surface area contributed by atoms with Crippen LogP contribution in [0.3, 0.4) is 0 Å². The molecule has 0 radical (unpaired) electrons. The highest BCUT2D eigenvalue weighted by atomic mass is 19.1. The zero-order valence-corrected chi connectivity index (χ0v) is 23.5. The van der Waals surface area contributed by atoms with Gasteiger partial charge in [-0.2, -0.15) is 10.2 Å². The Morgan fingerprint density at radius 2 is 1.76 bits per heavy atom. The minimum atomic E-state index is -0.847. The normalized spacial score (nSPS) is 16.5. The lowest BCUT2D eigenvalue weighted by Crippen LogP contribution is -2.49. The fraction of sp³-hybridized carbons (Fsp3) is 0.345. The summed E-state index contributed by atoms with van der Waals surface area (Å²) in [5, 5.41) is 18.2. The third kappa shape index (κ3) is 5.88. The molecule has 1 aliphatic heterocycles. The highest BCUT2D eigenvalue weighted by molar-refractivity contribution is 5.99. The summed E-state index contributed by atoms with van der Waals surface area (Å²) in [6.45, 7) is 10.6. The summed E-state index contributed by atoms with van der Waals surface area (Å²) < 4.78 is 16.8. The molecular weight excluding hydrogens is 523 g/mol. The highest BCUT2D eigenvalue weighted by Gasteiger charge is 2.27. The van der Waals surface area contributed by atoms with Gasteiger partial charge in [0.15, 0.2) is 0 Å². The Bertz CT molecular complexity index is 1510. The first-order chi connectivity index (χ1) is 19.7. The molecule has 1 aliphatic rings. The van der Waals surface area contributed by atoms with Crippen LogP contribution in [0.25, 0.3) is 11.1 Å². The molecule has 3 aromatic heterocycles. The second kappa shape index (κ2) is 11.6. The van der Waals surface area contributed by atoms with E-state index in [0.717, 1.165) is 33.8 Å². The van der Waals surface area contributed by atoms with Gasteiger partial charge >= 0.3 is 0 Å². The number of piperazine rings is 1. The molecule has 1 fully saturated rings. The molecule has 0 aliphatic carbocycles. The van der Waals surface area contributed by atoms with Crippen LogP contribution in [0, 0.1) is 5.82 Å². The SMILES string of the molecule is C=Nn1cc(-c2cnn(C[C@H](C)O)c2)cc1/C(=N\C)N1CCN(c2ncc(C(C)(N)c3ccc(F)cc3)cn2)CC1. The van der Waals surface area contributed by atoms with E-state index < -0.39 is 11.6 Å². The van der Waals surface area contributed by atoms with Crippen molar-refractivity contribution in [3.63, 3.8) is 0 Å². The lowest BCUT2D eigenvalue weighted by molar-refractivity contribution is 0.168. The number of aromatic nitrogens is 5. The van der Waals surface area contributed by atoms with Crippen molar-refractivity contribution in [2.24, 2.45) is 15.8 Å². The number of nitrogens with two attached hydrogens (primary N) is 1. The van der Waals surface area contributed by atoms with Gasteiger partial charge in [0, 0.05) is 81.4 Å². The molecule has 1 aromatic carbocycles. The number of anilines is 1. The zero-order chi connectivity index (χ0) is 29.1. The van der Waals surface area contributed by atoms with Gasteiger partial charge in [-0.3, -0.25) is 9.67 Å². The van der Waals surface area contributed by atoms with Crippen LogP contribution in [0.4, 0.5) is 10.3 Å². The van der Waals surface area contributed by atoms with Crippen LogP contribution >= 0.6 is 0 Å². The molecule has 3 N–H and O–H groups in total. The molecule has 2 atom stereocenters. The predicted octanol–water partition coefficient (Wildman–Crippen LogP) is 2.55. The van der Waals surface area contributed by atoms with Crippen LogP contribution < -0.4 is 10.6 Å². The third-order valence-corrected chi connectivity index (χ3v) is 7.36. The Hall–Kier alpha value is -4.42. The van der Waals surface area contributed by atoms with Gasteiger partial charge in [-0.25, -0.2) is 19.0 Å². The van der Waals surface area contributed by atoms with Crippen LogP contribution in [0.2, 0.25) is 0 Å². The van der Waals surface area contributed by atoms with Crippen molar-refractivity contribution in [2.75, 3.05) is 38.1 Å². The molecule has 12 heteroatoms. The maximum Gasteiger partial charge on any atom is 0.225 e. The number of nitrogens with zero attached hydrogens (tertiary/aromatic N) is 9. The number of hydrogen-bond donors (Lipinski definition) is 2. The fourth-order valence-corrected chi connectivity index (χ4v) is 5.03. The molecule has 0 spiro atoms. The Labute approximate surface area is 238 Å². The van der Waals surface area contributed by atoms with E-state index in [1.54, 1.807) is 54.1 Å². The van der Waals surface area contributed by atoms with Gasteiger partial charge in [-0.1, -0.05) is 12.1 Å². The number of halogens is 1. The molecule has 214 valence electrons. The van der Waals surface area contributed by atoms with Gasteiger partial charge in [-0.05, 0) is 37.6 Å². The number of amidine groups is 1. The third-order valence-electron chi connectivity index (χ3n) is 7.36. The van der Waals surface area contributed by atoms with Crippen LogP contribution in [0.15, 0.2) is 71.4 Å². The van der Waals surface area contributed by atoms with Crippen LogP contribution in [-0.4, -0.2) is 86.3 Å². The molecule has 0 saturated carbocycles. The Morgan fingerprint density at radius 3 is 2.37 bits per heavy atom. The molecule has 11 nitrogen and oxygen atoms in total. The van der Waals surface area contributed by atoms with E-state index in [0.29, 0.717) is 38.7 Å². The van der Waals surface area contributed by atoms with Gasteiger partial charge in [0.05, 0.1) is 24.4 Å². The molecular formula is C29H35FN10O. The molecule has 4 heterocycles. The summed E-state index contributed by atoms with van der Waals surface area (Å²) >= 11 is 0. The quantitative estimate of drug-likeness (QED) is 0.251. The maximum absolute atomic E-state index is 13.4. The minimum absolute atomic E-state index is 0.304. The molecule has 0 amide bonds. The van der Waals surface area contributed by atoms with E-state index >= 15 is 0 Å². The molecule has 1 unspecified atom stereocenters. The second-order valence-electron chi connectivity index (χ2n) is 10.4. The van der Waals surface area contributed by atoms with Crippen molar-refractivity contribution < 1.29 is 9.50 Å². The van der Waals surface area contributed by atoms with Gasteiger partial charge in [0.1, 0.15) is 17.3 Å². The second-order valence-corrected chi connectivity index (χ2v) is 10.4. The molecule has 41 heavy (non-hydrogen) atoms. The van der Waals surface area contributed by atoms with Gasteiger partial charge in [0.25, 0.3) is 0 Å². The average molecular weight is 559 g/mol. The zero-order valence-electron chi connectivity index (χ0n) is 23.5. The number of aliphatic imine (C=N–C) groups is 1. The predicted molar refractivity (Wildman–Crippen MR) is 158 cm³/mol. The maximum atomic E-state index is 13.4. The van der Waals surface area contributed by atoms with E-state index in [1.807, 2.05) is 25.4 Å². The first-order valence-corrected chi connectivity index (χ1v) is 13.4. The number of aliphatic hydroxyl groups excluding tert-OH is 1. The minimum Gasteiger partial charge on any atom is -0.391 e. The van der Waals surface area contributed by atoms with Crippen molar-refractivity contribution in [1.82, 2.24) is 29.3 Å². The lowest BCUT2D eigenvalue weighted by Gasteiger charge is -2.36. The summed E-state index contributed by atoms with van der Waals surface area (Å²) in [5.41, 5.74) is 9.95. The lowest BCUT2D eigenvalue weighted by atomic mass is 9.87. The van der Waals surface area contributed by atoms with Crippen molar-refractivity contribution in [3.8, 4) is 11.1 Å². The van der Waals surface area contributed by atoms with Crippen LogP contribution in [0.1, 0.15) is 30.7 Å². The Balaban J connectivity index is 1.27. The largest absolute Gasteiger partial charge is 0.391 e. The van der Waals surface area contributed by atoms with Crippen LogP contribution in [0.5, 0.6) is 0 Å². The van der Waals surface area contributed by atoms with Crippen molar-refractivity contribution in [1.29, 1.82) is 0 Å². The number of rotatable bonds is 8. The number of hydrogen-bond acceptors (Lipinski definition) is 8. The highest BCUT2D eigenvalue weighted by Crippen LogP contribution is 2.27. The van der Waals surface area contributed by atoms with Crippen molar-refractivity contribution in [2.45, 2.75) is 32.0 Å². The van der Waals surface area contributed by atoms with E-state index in [1.165, 1.54) is 12.1 Å². The molecule has 1 saturated heterocycles. The summed E-state index contributed by atoms with van der Waals surface area (Å²) in [6, 6.07) is 8.20. The van der Waals surface area contributed by atoms with E-state index in [9.17, 15) is 9.50 Å². The Kier molecular flexibility index (Phi) is 7.95. The average Bonchev–Trinajstić information content (AvgIpc) is 3.61. The van der Waals surface area contributed by atoms with Crippen molar-refractivity contribution >= 4 is 18.5 Å². The van der Waals surface area contributed by atoms with Crippen molar-refractivity contribution in [3.05, 3.63) is 84.0 Å². The first kappa shape index (κ1) is 28.1. The Morgan fingerprint density at radius 1 is 1.07 bits per heavy atom. The smallest absolute Gasteiger partial charge is 0.225 e. The first-order valence-electron chi connectivity index (χ1n) is 13.4. The molecule has 0 bridgehead atoms. The fourth-order valence-electron chi connectivity index (χ4n) is 5.03. The summed E-state index contributed by atoms with van der Waals surface area (Å²) in [7, 11) is 1.77. The number of benzene rings is 1. The van der Waals surface area contributed by atoms with Gasteiger partial charge < -0.3 is 20.6 Å². The summed E-state index contributed by atoms with van der Waals surface area (Å²) in [4.78, 5) is 18.2. The van der Waals surface area contributed by atoms with Gasteiger partial charge in [-0.15, -0.1) is 0 Å². The summed E-state index contributed by atoms with van der Waals surface area (Å²) in [5.74, 6) is 1.14. The van der Waals surface area contributed by atoms with E-state index in [4.69, 9.17) is 5.73 Å². The molecule has 5 rings (SSSR count). The molecule has 4 aromatic rings. The number of aliphatic hydroxyl groups is 1. The topological polar surface area (TPSA) is 126 Å². The monoisotopic (exact) mass is 558 g/mol.